The molecular weight excluding hydrogens is 288 g/mol. The molecular formula is C17H15ClO3. The van der Waals surface area contributed by atoms with Crippen LogP contribution in [0.4, 0.5) is 0 Å². The van der Waals surface area contributed by atoms with Crippen LogP contribution < -0.4 is 4.74 Å². The maximum absolute atomic E-state index is 11.8. The summed E-state index contributed by atoms with van der Waals surface area (Å²) in [6.07, 6.45) is -0.111. The first-order valence-electron chi connectivity index (χ1n) is 6.55. The van der Waals surface area contributed by atoms with E-state index in [-0.39, 0.29) is 18.0 Å². The lowest BCUT2D eigenvalue weighted by atomic mass is 10.1. The second kappa shape index (κ2) is 7.04. The van der Waals surface area contributed by atoms with Gasteiger partial charge in [-0.15, -0.1) is 0 Å². The molecule has 0 saturated carbocycles. The minimum atomic E-state index is -0.237. The highest BCUT2D eigenvalue weighted by Crippen LogP contribution is 2.26. The maximum Gasteiger partial charge on any atom is 0.170 e. The van der Waals surface area contributed by atoms with Gasteiger partial charge in [0.1, 0.15) is 18.1 Å². The Bertz CT molecular complexity index is 650. The summed E-state index contributed by atoms with van der Waals surface area (Å²) in [5.41, 5.74) is 1.45. The molecule has 0 aromatic heterocycles. The monoisotopic (exact) mass is 302 g/mol. The standard InChI is InChI=1S/C17H15ClO3/c1-12(19)9-16(20)14-7-8-17(15(18)10-14)21-11-13-5-3-2-4-6-13/h2-8,10H,9,11H2,1H3. The van der Waals surface area contributed by atoms with Crippen LogP contribution in [0.2, 0.25) is 5.02 Å². The zero-order chi connectivity index (χ0) is 15.2. The second-order valence-electron chi connectivity index (χ2n) is 4.72. The van der Waals surface area contributed by atoms with Gasteiger partial charge < -0.3 is 4.74 Å². The van der Waals surface area contributed by atoms with Gasteiger partial charge in [-0.3, -0.25) is 9.59 Å². The molecule has 4 heteroatoms. The Balaban J connectivity index is 2.05. The zero-order valence-electron chi connectivity index (χ0n) is 11.6. The van der Waals surface area contributed by atoms with E-state index in [1.54, 1.807) is 12.1 Å². The molecule has 0 aliphatic heterocycles. The summed E-state index contributed by atoms with van der Waals surface area (Å²) in [6, 6.07) is 14.5. The summed E-state index contributed by atoms with van der Waals surface area (Å²) in [4.78, 5) is 22.7. The van der Waals surface area contributed by atoms with Crippen molar-refractivity contribution in [3.05, 3.63) is 64.7 Å². The van der Waals surface area contributed by atoms with E-state index in [1.807, 2.05) is 30.3 Å². The fourth-order valence-corrected chi connectivity index (χ4v) is 2.09. The van der Waals surface area contributed by atoms with Crippen LogP contribution in [0, 0.1) is 0 Å². The van der Waals surface area contributed by atoms with Gasteiger partial charge in [-0.1, -0.05) is 41.9 Å². The topological polar surface area (TPSA) is 43.4 Å². The second-order valence-corrected chi connectivity index (χ2v) is 5.13. The highest BCUT2D eigenvalue weighted by Gasteiger charge is 2.11. The van der Waals surface area contributed by atoms with Crippen molar-refractivity contribution >= 4 is 23.2 Å². The molecule has 0 spiro atoms. The zero-order valence-corrected chi connectivity index (χ0v) is 12.4. The first-order valence-corrected chi connectivity index (χ1v) is 6.93. The maximum atomic E-state index is 11.8. The number of carbonyl (C=O) groups is 2. The van der Waals surface area contributed by atoms with Crippen LogP contribution in [0.15, 0.2) is 48.5 Å². The van der Waals surface area contributed by atoms with Gasteiger partial charge in [0, 0.05) is 5.56 Å². The Morgan fingerprint density at radius 2 is 1.81 bits per heavy atom. The number of rotatable bonds is 6. The smallest absolute Gasteiger partial charge is 0.170 e. The summed E-state index contributed by atoms with van der Waals surface area (Å²) in [5.74, 6) is 0.111. The predicted octanol–water partition coefficient (Wildman–Crippen LogP) is 4.08. The molecule has 0 aliphatic rings. The number of Topliss-reactive ketones (excluding diaryl/α,β-unsaturated/α-hetero) is 2. The van der Waals surface area contributed by atoms with Crippen molar-refractivity contribution < 1.29 is 14.3 Å². The number of benzene rings is 2. The van der Waals surface area contributed by atoms with Gasteiger partial charge in [0.15, 0.2) is 5.78 Å². The summed E-state index contributed by atoms with van der Waals surface area (Å²) < 4.78 is 5.63. The molecule has 0 amide bonds. The predicted molar refractivity (Wildman–Crippen MR) is 81.9 cm³/mol. The fraction of sp³-hybridized carbons (Fsp3) is 0.176. The van der Waals surface area contributed by atoms with E-state index in [0.29, 0.717) is 22.9 Å². The minimum absolute atomic E-state index is 0.111. The molecule has 0 N–H and O–H groups in total. The van der Waals surface area contributed by atoms with Crippen LogP contribution >= 0.6 is 11.6 Å². The van der Waals surface area contributed by atoms with Crippen LogP contribution in [-0.2, 0) is 11.4 Å². The van der Waals surface area contributed by atoms with Crippen molar-refractivity contribution in [1.82, 2.24) is 0 Å². The first-order chi connectivity index (χ1) is 10.1. The van der Waals surface area contributed by atoms with Crippen molar-refractivity contribution in [2.75, 3.05) is 0 Å². The number of hydrogen-bond donors (Lipinski definition) is 0. The van der Waals surface area contributed by atoms with Crippen LogP contribution in [0.25, 0.3) is 0 Å². The Morgan fingerprint density at radius 3 is 2.43 bits per heavy atom. The van der Waals surface area contributed by atoms with Gasteiger partial charge >= 0.3 is 0 Å². The average molecular weight is 303 g/mol. The highest BCUT2D eigenvalue weighted by molar-refractivity contribution is 6.32. The molecule has 0 radical (unpaired) electrons. The lowest BCUT2D eigenvalue weighted by molar-refractivity contribution is -0.116. The third kappa shape index (κ3) is 4.43. The number of halogens is 1. The molecule has 108 valence electrons. The van der Waals surface area contributed by atoms with Gasteiger partial charge in [0.2, 0.25) is 0 Å². The van der Waals surface area contributed by atoms with Crippen LogP contribution in [0.1, 0.15) is 29.3 Å². The normalized spacial score (nSPS) is 10.2. The molecule has 0 aliphatic carbocycles. The average Bonchev–Trinajstić information content (AvgIpc) is 2.46. The van der Waals surface area contributed by atoms with Gasteiger partial charge in [-0.2, -0.15) is 0 Å². The Labute approximate surface area is 128 Å². The summed E-state index contributed by atoms with van der Waals surface area (Å²) >= 11 is 6.11. The van der Waals surface area contributed by atoms with Crippen LogP contribution in [0.5, 0.6) is 5.75 Å². The quantitative estimate of drug-likeness (QED) is 0.596. The SMILES string of the molecule is CC(=O)CC(=O)c1ccc(OCc2ccccc2)c(Cl)c1. The van der Waals surface area contributed by atoms with Crippen LogP contribution in [0.3, 0.4) is 0 Å². The number of ketones is 2. The summed E-state index contributed by atoms with van der Waals surface area (Å²) in [6.45, 7) is 1.79. The molecule has 0 atom stereocenters. The Morgan fingerprint density at radius 1 is 1.10 bits per heavy atom. The van der Waals surface area contributed by atoms with E-state index in [4.69, 9.17) is 16.3 Å². The van der Waals surface area contributed by atoms with Gasteiger partial charge in [0.05, 0.1) is 11.4 Å². The van der Waals surface area contributed by atoms with E-state index in [2.05, 4.69) is 0 Å². The van der Waals surface area contributed by atoms with Gasteiger partial charge in [-0.25, -0.2) is 0 Å². The number of hydrogen-bond acceptors (Lipinski definition) is 3. The van der Waals surface area contributed by atoms with E-state index >= 15 is 0 Å². The van der Waals surface area contributed by atoms with E-state index in [0.717, 1.165) is 5.56 Å². The molecule has 2 aromatic carbocycles. The lowest BCUT2D eigenvalue weighted by Crippen LogP contribution is -2.05. The minimum Gasteiger partial charge on any atom is -0.487 e. The molecule has 2 aromatic rings. The molecule has 21 heavy (non-hydrogen) atoms. The Kier molecular flexibility index (Phi) is 5.12. The van der Waals surface area contributed by atoms with Crippen molar-refractivity contribution in [1.29, 1.82) is 0 Å². The van der Waals surface area contributed by atoms with Gasteiger partial charge in [0.25, 0.3) is 0 Å². The number of carbonyl (C=O) groups excluding carboxylic acids is 2. The summed E-state index contributed by atoms with van der Waals surface area (Å²) in [7, 11) is 0. The highest BCUT2D eigenvalue weighted by atomic mass is 35.5. The third-order valence-electron chi connectivity index (χ3n) is 2.90. The third-order valence-corrected chi connectivity index (χ3v) is 3.20. The lowest BCUT2D eigenvalue weighted by Gasteiger charge is -2.09. The van der Waals surface area contributed by atoms with Crippen molar-refractivity contribution in [3.8, 4) is 5.75 Å². The van der Waals surface area contributed by atoms with Crippen molar-refractivity contribution in [2.24, 2.45) is 0 Å². The van der Waals surface area contributed by atoms with Gasteiger partial charge in [-0.05, 0) is 30.7 Å². The summed E-state index contributed by atoms with van der Waals surface area (Å²) in [5, 5.41) is 0.361. The van der Waals surface area contributed by atoms with Crippen LogP contribution in [-0.4, -0.2) is 11.6 Å². The van der Waals surface area contributed by atoms with Crippen molar-refractivity contribution in [3.63, 3.8) is 0 Å². The molecule has 0 fully saturated rings. The molecule has 3 nitrogen and oxygen atoms in total. The van der Waals surface area contributed by atoms with E-state index in [1.165, 1.54) is 13.0 Å². The molecule has 0 unspecified atom stereocenters. The first kappa shape index (κ1) is 15.3. The van der Waals surface area contributed by atoms with E-state index < -0.39 is 0 Å². The largest absolute Gasteiger partial charge is 0.487 e. The van der Waals surface area contributed by atoms with Crippen molar-refractivity contribution in [2.45, 2.75) is 20.0 Å². The molecule has 0 heterocycles. The number of ether oxygens (including phenoxy) is 1. The Hall–Kier alpha value is -2.13. The molecule has 0 saturated heterocycles. The fourth-order valence-electron chi connectivity index (χ4n) is 1.85. The molecule has 2 rings (SSSR count). The van der Waals surface area contributed by atoms with E-state index in [9.17, 15) is 9.59 Å². The molecule has 0 bridgehead atoms.